The number of hydrogen-bond donors (Lipinski definition) is 0. The molecule has 3 nitrogen and oxygen atoms in total. The maximum absolute atomic E-state index is 13.3. The fourth-order valence-electron chi connectivity index (χ4n) is 2.18. The Kier molecular flexibility index (Phi) is 3.93. The minimum atomic E-state index is -0.960. The van der Waals surface area contributed by atoms with Crippen LogP contribution in [-0.4, -0.2) is 13.1 Å². The van der Waals surface area contributed by atoms with Crippen LogP contribution in [0.4, 0.5) is 8.78 Å². The number of ether oxygens (including phenoxy) is 2. The molecule has 0 aliphatic heterocycles. The van der Waals surface area contributed by atoms with Crippen LogP contribution in [0.1, 0.15) is 10.4 Å². The van der Waals surface area contributed by atoms with E-state index in [1.165, 1.54) is 19.2 Å². The number of rotatable bonds is 3. The summed E-state index contributed by atoms with van der Waals surface area (Å²) in [5, 5.41) is 0.929. The zero-order valence-corrected chi connectivity index (χ0v) is 12.2. The lowest BCUT2D eigenvalue weighted by Crippen LogP contribution is -2.08. The van der Waals surface area contributed by atoms with E-state index in [0.717, 1.165) is 12.1 Å². The fraction of sp³-hybridized carbons (Fsp3) is 0.0556. The lowest BCUT2D eigenvalue weighted by molar-refractivity contribution is 0.0735. The van der Waals surface area contributed by atoms with Gasteiger partial charge >= 0.3 is 5.97 Å². The first-order valence-electron chi connectivity index (χ1n) is 6.82. The number of halogens is 2. The van der Waals surface area contributed by atoms with E-state index in [1.54, 1.807) is 30.3 Å². The summed E-state index contributed by atoms with van der Waals surface area (Å²) >= 11 is 0. The van der Waals surface area contributed by atoms with Crippen LogP contribution in [0.5, 0.6) is 11.5 Å². The number of carbonyl (C=O) groups is 1. The normalized spacial score (nSPS) is 10.6. The SMILES string of the molecule is COc1ccc(OC(=O)c2ccc3cc(F)c(F)cc3c2)cc1. The Morgan fingerprint density at radius 1 is 0.826 bits per heavy atom. The van der Waals surface area contributed by atoms with Gasteiger partial charge in [-0.2, -0.15) is 0 Å². The van der Waals surface area contributed by atoms with E-state index in [9.17, 15) is 13.6 Å². The number of hydrogen-bond acceptors (Lipinski definition) is 3. The molecule has 0 aromatic heterocycles. The summed E-state index contributed by atoms with van der Waals surface area (Å²) in [5.41, 5.74) is 0.249. The van der Waals surface area contributed by atoms with Crippen LogP contribution in [0.3, 0.4) is 0 Å². The summed E-state index contributed by atoms with van der Waals surface area (Å²) in [6.45, 7) is 0. The lowest BCUT2D eigenvalue weighted by atomic mass is 10.1. The standard InChI is InChI=1S/C18H12F2O3/c1-22-14-4-6-15(7-5-14)23-18(21)12-3-2-11-9-16(19)17(20)10-13(11)8-12/h2-10H,1H3. The van der Waals surface area contributed by atoms with Crippen molar-refractivity contribution in [1.29, 1.82) is 0 Å². The van der Waals surface area contributed by atoms with E-state index in [-0.39, 0.29) is 5.56 Å². The Balaban J connectivity index is 1.86. The third-order valence-electron chi connectivity index (χ3n) is 3.39. The molecule has 0 saturated heterocycles. The van der Waals surface area contributed by atoms with Gasteiger partial charge in [-0.25, -0.2) is 13.6 Å². The van der Waals surface area contributed by atoms with E-state index in [0.29, 0.717) is 22.3 Å². The topological polar surface area (TPSA) is 35.5 Å². The number of esters is 1. The Morgan fingerprint density at radius 3 is 2.09 bits per heavy atom. The van der Waals surface area contributed by atoms with Gasteiger partial charge in [0.1, 0.15) is 11.5 Å². The highest BCUT2D eigenvalue weighted by Crippen LogP contribution is 2.22. The molecule has 0 heterocycles. The van der Waals surface area contributed by atoms with Crippen LogP contribution in [-0.2, 0) is 0 Å². The molecular weight excluding hydrogens is 302 g/mol. The maximum atomic E-state index is 13.3. The lowest BCUT2D eigenvalue weighted by Gasteiger charge is -2.07. The number of methoxy groups -OCH3 is 1. The highest BCUT2D eigenvalue weighted by atomic mass is 19.2. The van der Waals surface area contributed by atoms with Crippen LogP contribution >= 0.6 is 0 Å². The second-order valence-corrected chi connectivity index (χ2v) is 4.89. The minimum absolute atomic E-state index is 0.249. The second kappa shape index (κ2) is 6.04. The summed E-state index contributed by atoms with van der Waals surface area (Å²) in [6, 6.07) is 13.2. The molecule has 3 aromatic carbocycles. The molecule has 0 atom stereocenters. The van der Waals surface area contributed by atoms with Crippen molar-refractivity contribution in [3.05, 3.63) is 71.8 Å². The molecule has 0 aliphatic rings. The van der Waals surface area contributed by atoms with E-state index in [4.69, 9.17) is 9.47 Å². The zero-order chi connectivity index (χ0) is 16.4. The van der Waals surface area contributed by atoms with E-state index in [2.05, 4.69) is 0 Å². The monoisotopic (exact) mass is 314 g/mol. The predicted octanol–water partition coefficient (Wildman–Crippen LogP) is 4.35. The summed E-state index contributed by atoms with van der Waals surface area (Å²) in [4.78, 5) is 12.1. The molecule has 0 N–H and O–H groups in total. The first-order valence-corrected chi connectivity index (χ1v) is 6.82. The van der Waals surface area contributed by atoms with Gasteiger partial charge in [0.2, 0.25) is 0 Å². The molecule has 0 saturated carbocycles. The van der Waals surface area contributed by atoms with Crippen LogP contribution in [0.25, 0.3) is 10.8 Å². The quantitative estimate of drug-likeness (QED) is 0.533. The molecule has 0 spiro atoms. The van der Waals surface area contributed by atoms with Crippen molar-refractivity contribution in [3.8, 4) is 11.5 Å². The molecule has 0 radical (unpaired) electrons. The largest absolute Gasteiger partial charge is 0.497 e. The Morgan fingerprint density at radius 2 is 1.43 bits per heavy atom. The van der Waals surface area contributed by atoms with Crippen molar-refractivity contribution in [2.24, 2.45) is 0 Å². The van der Waals surface area contributed by atoms with Gasteiger partial charge in [-0.3, -0.25) is 0 Å². The number of fused-ring (bicyclic) bond motifs is 1. The fourth-order valence-corrected chi connectivity index (χ4v) is 2.18. The zero-order valence-electron chi connectivity index (χ0n) is 12.2. The van der Waals surface area contributed by atoms with Crippen LogP contribution < -0.4 is 9.47 Å². The maximum Gasteiger partial charge on any atom is 0.343 e. The van der Waals surface area contributed by atoms with Gasteiger partial charge in [0.15, 0.2) is 11.6 Å². The van der Waals surface area contributed by atoms with Crippen molar-refractivity contribution in [3.63, 3.8) is 0 Å². The van der Waals surface area contributed by atoms with Crippen LogP contribution in [0.15, 0.2) is 54.6 Å². The summed E-state index contributed by atoms with van der Waals surface area (Å²) in [6.07, 6.45) is 0. The molecule has 23 heavy (non-hydrogen) atoms. The molecule has 0 aliphatic carbocycles. The smallest absolute Gasteiger partial charge is 0.343 e. The van der Waals surface area contributed by atoms with Gasteiger partial charge in [0.25, 0.3) is 0 Å². The average molecular weight is 314 g/mol. The highest BCUT2D eigenvalue weighted by molar-refractivity contribution is 5.96. The van der Waals surface area contributed by atoms with Gasteiger partial charge in [0, 0.05) is 0 Å². The van der Waals surface area contributed by atoms with Gasteiger partial charge in [-0.05, 0) is 59.3 Å². The molecule has 0 bridgehead atoms. The van der Waals surface area contributed by atoms with E-state index >= 15 is 0 Å². The molecule has 3 rings (SSSR count). The van der Waals surface area contributed by atoms with Crippen molar-refractivity contribution in [2.75, 3.05) is 7.11 Å². The third kappa shape index (κ3) is 3.13. The van der Waals surface area contributed by atoms with E-state index < -0.39 is 17.6 Å². The number of benzene rings is 3. The van der Waals surface area contributed by atoms with Crippen LogP contribution in [0.2, 0.25) is 0 Å². The first-order chi connectivity index (χ1) is 11.1. The summed E-state index contributed by atoms with van der Waals surface area (Å²) in [5.74, 6) is -1.46. The van der Waals surface area contributed by atoms with Gasteiger partial charge in [-0.1, -0.05) is 6.07 Å². The highest BCUT2D eigenvalue weighted by Gasteiger charge is 2.11. The van der Waals surface area contributed by atoms with Crippen molar-refractivity contribution in [1.82, 2.24) is 0 Å². The molecule has 5 heteroatoms. The first kappa shape index (κ1) is 15.0. The Hall–Kier alpha value is -2.95. The van der Waals surface area contributed by atoms with Crippen LogP contribution in [0, 0.1) is 11.6 Å². The molecule has 0 fully saturated rings. The van der Waals surface area contributed by atoms with E-state index in [1.807, 2.05) is 0 Å². The van der Waals surface area contributed by atoms with Crippen molar-refractivity contribution >= 4 is 16.7 Å². The minimum Gasteiger partial charge on any atom is -0.497 e. The third-order valence-corrected chi connectivity index (χ3v) is 3.39. The summed E-state index contributed by atoms with van der Waals surface area (Å²) < 4.78 is 36.7. The van der Waals surface area contributed by atoms with Gasteiger partial charge < -0.3 is 9.47 Å². The van der Waals surface area contributed by atoms with Gasteiger partial charge in [-0.15, -0.1) is 0 Å². The molecule has 0 amide bonds. The predicted molar refractivity (Wildman–Crippen MR) is 81.8 cm³/mol. The molecule has 3 aromatic rings. The van der Waals surface area contributed by atoms with Crippen molar-refractivity contribution < 1.29 is 23.0 Å². The molecular formula is C18H12F2O3. The average Bonchev–Trinajstić information content (AvgIpc) is 2.56. The number of carbonyl (C=O) groups excluding carboxylic acids is 1. The summed E-state index contributed by atoms with van der Waals surface area (Å²) in [7, 11) is 1.54. The Labute approximate surface area is 131 Å². The van der Waals surface area contributed by atoms with Crippen molar-refractivity contribution in [2.45, 2.75) is 0 Å². The second-order valence-electron chi connectivity index (χ2n) is 4.89. The molecule has 116 valence electrons. The molecule has 0 unspecified atom stereocenters. The van der Waals surface area contributed by atoms with Gasteiger partial charge in [0.05, 0.1) is 12.7 Å². The Bertz CT molecular complexity index is 873.